The van der Waals surface area contributed by atoms with Gasteiger partial charge in [0.25, 0.3) is 0 Å². The summed E-state index contributed by atoms with van der Waals surface area (Å²) in [6, 6.07) is 0. The maximum Gasteiger partial charge on any atom is 0.224 e. The van der Waals surface area contributed by atoms with Crippen molar-refractivity contribution in [3.8, 4) is 0 Å². The molecule has 1 unspecified atom stereocenters. The quantitative estimate of drug-likeness (QED) is 0.524. The molecular formula is C17H29N5O3. The molecule has 2 N–H and O–H groups in total. The third-order valence-corrected chi connectivity index (χ3v) is 5.35. The summed E-state index contributed by atoms with van der Waals surface area (Å²) in [5.74, 6) is 1.14. The van der Waals surface area contributed by atoms with Crippen LogP contribution in [0.15, 0.2) is 4.99 Å². The first-order valence-electron chi connectivity index (χ1n) is 9.20. The van der Waals surface area contributed by atoms with E-state index in [-0.39, 0.29) is 17.2 Å². The van der Waals surface area contributed by atoms with Crippen molar-refractivity contribution in [1.82, 2.24) is 20.4 Å². The highest BCUT2D eigenvalue weighted by molar-refractivity contribution is 5.82. The van der Waals surface area contributed by atoms with Crippen LogP contribution < -0.4 is 10.6 Å². The average Bonchev–Trinajstić information content (AvgIpc) is 2.99. The van der Waals surface area contributed by atoms with Crippen LogP contribution in [0.1, 0.15) is 25.7 Å². The van der Waals surface area contributed by atoms with Crippen molar-refractivity contribution < 1.29 is 14.3 Å². The summed E-state index contributed by atoms with van der Waals surface area (Å²) in [5.41, 5.74) is 0.0383. The van der Waals surface area contributed by atoms with Gasteiger partial charge in [0.1, 0.15) is 0 Å². The number of hydrogen-bond donors (Lipinski definition) is 2. The highest BCUT2D eigenvalue weighted by Gasteiger charge is 2.42. The smallest absolute Gasteiger partial charge is 0.224 e. The Morgan fingerprint density at radius 2 is 2.12 bits per heavy atom. The average molecular weight is 351 g/mol. The summed E-state index contributed by atoms with van der Waals surface area (Å²) in [4.78, 5) is 32.3. The number of piperidine rings is 1. The lowest BCUT2D eigenvalue weighted by Gasteiger charge is -2.40. The molecule has 1 spiro atoms. The molecular weight excluding hydrogens is 322 g/mol. The van der Waals surface area contributed by atoms with Gasteiger partial charge in [-0.05, 0) is 12.8 Å². The highest BCUT2D eigenvalue weighted by Crippen LogP contribution is 2.35. The van der Waals surface area contributed by atoms with E-state index in [0.717, 1.165) is 38.4 Å². The van der Waals surface area contributed by atoms with Crippen LogP contribution in [0.4, 0.5) is 0 Å². The number of nitrogens with one attached hydrogen (secondary N) is 2. The zero-order chi connectivity index (χ0) is 17.7. The molecule has 3 aliphatic rings. The van der Waals surface area contributed by atoms with Crippen molar-refractivity contribution in [2.24, 2.45) is 10.4 Å². The minimum Gasteiger partial charge on any atom is -0.378 e. The number of hydrogen-bond acceptors (Lipinski definition) is 4. The van der Waals surface area contributed by atoms with Gasteiger partial charge in [-0.1, -0.05) is 0 Å². The van der Waals surface area contributed by atoms with E-state index in [0.29, 0.717) is 45.7 Å². The van der Waals surface area contributed by atoms with E-state index in [9.17, 15) is 9.59 Å². The number of carbonyl (C=O) groups is 2. The van der Waals surface area contributed by atoms with E-state index >= 15 is 0 Å². The minimum absolute atomic E-state index is 0.0383. The lowest BCUT2D eigenvalue weighted by atomic mass is 9.79. The lowest BCUT2D eigenvalue weighted by molar-refractivity contribution is -0.135. The largest absolute Gasteiger partial charge is 0.378 e. The van der Waals surface area contributed by atoms with Crippen LogP contribution in [0.3, 0.4) is 0 Å². The van der Waals surface area contributed by atoms with Gasteiger partial charge in [-0.2, -0.15) is 0 Å². The summed E-state index contributed by atoms with van der Waals surface area (Å²) in [7, 11) is 1.77. The zero-order valence-corrected chi connectivity index (χ0v) is 15.1. The summed E-state index contributed by atoms with van der Waals surface area (Å²) in [5, 5.41) is 6.28. The summed E-state index contributed by atoms with van der Waals surface area (Å²) in [6.07, 6.45) is 3.20. The highest BCUT2D eigenvalue weighted by atomic mass is 16.5. The molecule has 0 bridgehead atoms. The Labute approximate surface area is 149 Å². The first kappa shape index (κ1) is 18.0. The van der Waals surface area contributed by atoms with Crippen LogP contribution in [-0.4, -0.2) is 87.1 Å². The summed E-state index contributed by atoms with van der Waals surface area (Å²) >= 11 is 0. The normalized spacial score (nSPS) is 27.6. The van der Waals surface area contributed by atoms with E-state index in [2.05, 4.69) is 20.5 Å². The fourth-order valence-electron chi connectivity index (χ4n) is 4.01. The van der Waals surface area contributed by atoms with E-state index in [1.807, 2.05) is 4.90 Å². The second-order valence-electron chi connectivity index (χ2n) is 7.20. The minimum atomic E-state index is 0.0383. The Balaban J connectivity index is 1.47. The maximum atomic E-state index is 12.2. The van der Waals surface area contributed by atoms with Crippen molar-refractivity contribution in [2.75, 3.05) is 59.5 Å². The number of amides is 2. The molecule has 0 radical (unpaired) electrons. The van der Waals surface area contributed by atoms with Gasteiger partial charge in [-0.3, -0.25) is 14.6 Å². The molecule has 8 heteroatoms. The summed E-state index contributed by atoms with van der Waals surface area (Å²) < 4.78 is 5.28. The topological polar surface area (TPSA) is 86.3 Å². The first-order chi connectivity index (χ1) is 12.1. The van der Waals surface area contributed by atoms with Gasteiger partial charge < -0.3 is 25.2 Å². The molecule has 25 heavy (non-hydrogen) atoms. The fourth-order valence-corrected chi connectivity index (χ4v) is 4.01. The number of aliphatic imine (C=N–C) groups is 1. The van der Waals surface area contributed by atoms with Gasteiger partial charge in [0.05, 0.1) is 13.2 Å². The molecule has 3 fully saturated rings. The SMILES string of the molecule is CN=C(NCCC(=O)N1CCOCC1)N1CCCC2(CNC(=O)C2)C1. The van der Waals surface area contributed by atoms with Crippen LogP contribution in [0.25, 0.3) is 0 Å². The van der Waals surface area contributed by atoms with Gasteiger partial charge in [0, 0.05) is 64.6 Å². The molecule has 140 valence electrons. The van der Waals surface area contributed by atoms with E-state index < -0.39 is 0 Å². The number of ether oxygens (including phenoxy) is 1. The molecule has 0 aromatic rings. The standard InChI is InChI=1S/C17H29N5O3/c1-18-16(19-5-3-15(24)21-7-9-25-10-8-21)22-6-2-4-17(13-22)11-14(23)20-12-17/h2-13H2,1H3,(H,18,19)(H,20,23). The van der Waals surface area contributed by atoms with Crippen LogP contribution >= 0.6 is 0 Å². The molecule has 3 heterocycles. The Morgan fingerprint density at radius 3 is 2.80 bits per heavy atom. The maximum absolute atomic E-state index is 12.2. The van der Waals surface area contributed by atoms with Crippen molar-refractivity contribution in [3.05, 3.63) is 0 Å². The van der Waals surface area contributed by atoms with Crippen LogP contribution in [0.5, 0.6) is 0 Å². The van der Waals surface area contributed by atoms with E-state index in [1.54, 1.807) is 7.05 Å². The zero-order valence-electron chi connectivity index (χ0n) is 15.1. The molecule has 0 aromatic carbocycles. The predicted molar refractivity (Wildman–Crippen MR) is 94.2 cm³/mol. The molecule has 0 saturated carbocycles. The molecule has 3 rings (SSSR count). The van der Waals surface area contributed by atoms with E-state index in [1.165, 1.54) is 0 Å². The first-order valence-corrected chi connectivity index (χ1v) is 9.20. The van der Waals surface area contributed by atoms with Crippen LogP contribution in [-0.2, 0) is 14.3 Å². The molecule has 0 aromatic heterocycles. The van der Waals surface area contributed by atoms with Crippen LogP contribution in [0.2, 0.25) is 0 Å². The number of morpholine rings is 1. The van der Waals surface area contributed by atoms with Crippen molar-refractivity contribution in [1.29, 1.82) is 0 Å². The Bertz CT molecular complexity index is 532. The number of guanidine groups is 1. The van der Waals surface area contributed by atoms with Crippen molar-refractivity contribution >= 4 is 17.8 Å². The lowest BCUT2D eigenvalue weighted by Crippen LogP contribution is -2.51. The van der Waals surface area contributed by atoms with E-state index in [4.69, 9.17) is 4.74 Å². The van der Waals surface area contributed by atoms with Crippen molar-refractivity contribution in [3.63, 3.8) is 0 Å². The Hall–Kier alpha value is -1.83. The Morgan fingerprint density at radius 1 is 1.32 bits per heavy atom. The number of likely N-dealkylation sites (tertiary alicyclic amines) is 1. The molecule has 8 nitrogen and oxygen atoms in total. The molecule has 3 saturated heterocycles. The molecule has 3 aliphatic heterocycles. The third kappa shape index (κ3) is 4.42. The Kier molecular flexibility index (Phi) is 5.78. The molecule has 0 aliphatic carbocycles. The number of rotatable bonds is 3. The van der Waals surface area contributed by atoms with Gasteiger partial charge in [-0.15, -0.1) is 0 Å². The number of nitrogens with zero attached hydrogens (tertiary/aromatic N) is 3. The predicted octanol–water partition coefficient (Wildman–Crippen LogP) is -0.587. The monoisotopic (exact) mass is 351 g/mol. The molecule has 1 atom stereocenters. The second-order valence-corrected chi connectivity index (χ2v) is 7.20. The fraction of sp³-hybridized carbons (Fsp3) is 0.824. The molecule has 2 amide bonds. The van der Waals surface area contributed by atoms with Crippen LogP contribution in [0, 0.1) is 5.41 Å². The van der Waals surface area contributed by atoms with Gasteiger partial charge in [0.2, 0.25) is 11.8 Å². The van der Waals surface area contributed by atoms with Crippen molar-refractivity contribution in [2.45, 2.75) is 25.7 Å². The second kappa shape index (κ2) is 8.03. The van der Waals surface area contributed by atoms with Gasteiger partial charge >= 0.3 is 0 Å². The third-order valence-electron chi connectivity index (χ3n) is 5.35. The summed E-state index contributed by atoms with van der Waals surface area (Å²) in [6.45, 7) is 5.73. The van der Waals surface area contributed by atoms with Gasteiger partial charge in [-0.25, -0.2) is 0 Å². The van der Waals surface area contributed by atoms with Gasteiger partial charge in [0.15, 0.2) is 5.96 Å². The number of carbonyl (C=O) groups excluding carboxylic acids is 2.